The topological polar surface area (TPSA) is 69.7 Å². The molecule has 0 aliphatic rings. The number of ether oxygens (including phenoxy) is 3. The highest BCUT2D eigenvalue weighted by Gasteiger charge is 2.04. The summed E-state index contributed by atoms with van der Waals surface area (Å²) in [6, 6.07) is 9.05. The molecule has 24 heavy (non-hydrogen) atoms. The van der Waals surface area contributed by atoms with Crippen LogP contribution in [0.3, 0.4) is 0 Å². The van der Waals surface area contributed by atoms with Crippen LogP contribution in [0, 0.1) is 0 Å². The van der Waals surface area contributed by atoms with Gasteiger partial charge < -0.3 is 19.5 Å². The Balaban J connectivity index is 2.00. The van der Waals surface area contributed by atoms with Crippen molar-refractivity contribution in [3.63, 3.8) is 0 Å². The van der Waals surface area contributed by atoms with Gasteiger partial charge in [-0.25, -0.2) is 4.98 Å². The highest BCUT2D eigenvalue weighted by Crippen LogP contribution is 2.23. The molecule has 0 fully saturated rings. The van der Waals surface area contributed by atoms with Crippen LogP contribution in [0.5, 0.6) is 17.4 Å². The van der Waals surface area contributed by atoms with E-state index < -0.39 is 0 Å². The maximum absolute atomic E-state index is 12.0. The van der Waals surface area contributed by atoms with Gasteiger partial charge in [-0.2, -0.15) is 0 Å². The lowest BCUT2D eigenvalue weighted by Crippen LogP contribution is -2.20. The zero-order valence-electron chi connectivity index (χ0n) is 13.9. The number of amides is 1. The largest absolute Gasteiger partial charge is 0.497 e. The third-order valence-electron chi connectivity index (χ3n) is 3.30. The normalized spacial score (nSPS) is 10.5. The molecule has 6 nitrogen and oxygen atoms in total. The van der Waals surface area contributed by atoms with Gasteiger partial charge in [0.25, 0.3) is 0 Å². The molecule has 1 aromatic carbocycles. The van der Waals surface area contributed by atoms with Gasteiger partial charge in [0.2, 0.25) is 11.8 Å². The van der Waals surface area contributed by atoms with Gasteiger partial charge in [0.1, 0.15) is 11.5 Å². The summed E-state index contributed by atoms with van der Waals surface area (Å²) in [5.74, 6) is 1.60. The summed E-state index contributed by atoms with van der Waals surface area (Å²) in [7, 11) is 4.70. The van der Waals surface area contributed by atoms with Crippen LogP contribution in [0.2, 0.25) is 0 Å². The fraction of sp³-hybridized carbons (Fsp3) is 0.222. The molecule has 1 N–H and O–H groups in total. The molecule has 0 atom stereocenters. The van der Waals surface area contributed by atoms with E-state index in [-0.39, 0.29) is 5.91 Å². The van der Waals surface area contributed by atoms with Crippen LogP contribution >= 0.6 is 0 Å². The first kappa shape index (κ1) is 17.3. The molecule has 0 unspecified atom stereocenters. The molecule has 0 aliphatic heterocycles. The number of hydrogen-bond donors (Lipinski definition) is 1. The van der Waals surface area contributed by atoms with E-state index in [4.69, 9.17) is 14.2 Å². The van der Waals surface area contributed by atoms with Gasteiger partial charge in [-0.3, -0.25) is 4.79 Å². The Kier molecular flexibility index (Phi) is 6.19. The summed E-state index contributed by atoms with van der Waals surface area (Å²) in [5, 5.41) is 2.79. The van der Waals surface area contributed by atoms with E-state index in [0.717, 1.165) is 11.1 Å². The first-order chi connectivity index (χ1) is 11.7. The second kappa shape index (κ2) is 8.57. The van der Waals surface area contributed by atoms with Gasteiger partial charge in [0.05, 0.1) is 21.3 Å². The fourth-order valence-electron chi connectivity index (χ4n) is 2.08. The molecule has 126 valence electrons. The first-order valence-electron chi connectivity index (χ1n) is 7.33. The predicted molar refractivity (Wildman–Crippen MR) is 91.2 cm³/mol. The minimum atomic E-state index is -0.220. The summed E-state index contributed by atoms with van der Waals surface area (Å²) in [5.41, 5.74) is 1.62. The van der Waals surface area contributed by atoms with Crippen molar-refractivity contribution in [2.24, 2.45) is 0 Å². The number of rotatable bonds is 7. The van der Waals surface area contributed by atoms with Crippen molar-refractivity contribution in [3.05, 3.63) is 53.7 Å². The molecule has 0 saturated heterocycles. The molecule has 1 heterocycles. The number of carbonyl (C=O) groups is 1. The second-order valence-corrected chi connectivity index (χ2v) is 4.87. The number of nitrogens with one attached hydrogen (secondary N) is 1. The van der Waals surface area contributed by atoms with E-state index in [9.17, 15) is 4.79 Å². The number of pyridine rings is 1. The Morgan fingerprint density at radius 2 is 1.83 bits per heavy atom. The van der Waals surface area contributed by atoms with Crippen molar-refractivity contribution in [2.45, 2.75) is 6.54 Å². The number of nitrogens with zero attached hydrogens (tertiary/aromatic N) is 1. The average Bonchev–Trinajstić information content (AvgIpc) is 2.64. The predicted octanol–water partition coefficient (Wildman–Crippen LogP) is 2.44. The minimum absolute atomic E-state index is 0.220. The summed E-state index contributed by atoms with van der Waals surface area (Å²) in [6.07, 6.45) is 4.79. The van der Waals surface area contributed by atoms with Crippen molar-refractivity contribution in [1.82, 2.24) is 10.3 Å². The average molecular weight is 328 g/mol. The number of aromatic nitrogens is 1. The van der Waals surface area contributed by atoms with Crippen molar-refractivity contribution in [3.8, 4) is 17.4 Å². The van der Waals surface area contributed by atoms with E-state index in [0.29, 0.717) is 23.9 Å². The molecule has 0 aliphatic carbocycles. The smallest absolute Gasteiger partial charge is 0.244 e. The van der Waals surface area contributed by atoms with Gasteiger partial charge in [-0.05, 0) is 29.8 Å². The summed E-state index contributed by atoms with van der Waals surface area (Å²) in [4.78, 5) is 16.1. The quantitative estimate of drug-likeness (QED) is 0.791. The monoisotopic (exact) mass is 328 g/mol. The third kappa shape index (κ3) is 4.74. The first-order valence-corrected chi connectivity index (χ1v) is 7.33. The van der Waals surface area contributed by atoms with Gasteiger partial charge in [-0.1, -0.05) is 6.07 Å². The number of methoxy groups -OCH3 is 3. The number of carbonyl (C=O) groups excluding carboxylic acids is 1. The van der Waals surface area contributed by atoms with Crippen LogP contribution in [-0.4, -0.2) is 32.2 Å². The Labute approximate surface area is 141 Å². The van der Waals surface area contributed by atoms with E-state index in [1.807, 2.05) is 18.2 Å². The highest BCUT2D eigenvalue weighted by molar-refractivity contribution is 5.91. The van der Waals surface area contributed by atoms with Crippen molar-refractivity contribution >= 4 is 12.0 Å². The molecular formula is C18H20N2O4. The molecule has 1 aromatic heterocycles. The molecule has 6 heteroatoms. The van der Waals surface area contributed by atoms with Crippen LogP contribution in [-0.2, 0) is 11.3 Å². The lowest BCUT2D eigenvalue weighted by molar-refractivity contribution is -0.116. The van der Waals surface area contributed by atoms with E-state index in [2.05, 4.69) is 10.3 Å². The Hall–Kier alpha value is -3.02. The molecule has 2 rings (SSSR count). The molecule has 0 spiro atoms. The molecule has 1 amide bonds. The lowest BCUT2D eigenvalue weighted by Gasteiger charge is -2.07. The van der Waals surface area contributed by atoms with Crippen molar-refractivity contribution < 1.29 is 19.0 Å². The van der Waals surface area contributed by atoms with Gasteiger partial charge >= 0.3 is 0 Å². The van der Waals surface area contributed by atoms with Crippen LogP contribution in [0.1, 0.15) is 11.1 Å². The van der Waals surface area contributed by atoms with E-state index in [1.165, 1.54) is 6.08 Å². The fourth-order valence-corrected chi connectivity index (χ4v) is 2.08. The maximum Gasteiger partial charge on any atom is 0.244 e. The van der Waals surface area contributed by atoms with Crippen LogP contribution in [0.4, 0.5) is 0 Å². The van der Waals surface area contributed by atoms with Crippen LogP contribution in [0.15, 0.2) is 42.6 Å². The molecular weight excluding hydrogens is 308 g/mol. The number of benzene rings is 1. The zero-order chi connectivity index (χ0) is 17.4. The molecule has 0 saturated carbocycles. The highest BCUT2D eigenvalue weighted by atomic mass is 16.5. The summed E-state index contributed by atoms with van der Waals surface area (Å²) >= 11 is 0. The van der Waals surface area contributed by atoms with Gasteiger partial charge in [-0.15, -0.1) is 0 Å². The minimum Gasteiger partial charge on any atom is -0.497 e. The van der Waals surface area contributed by atoms with E-state index >= 15 is 0 Å². The van der Waals surface area contributed by atoms with Crippen LogP contribution in [0.25, 0.3) is 6.08 Å². The standard InChI is InChI=1S/C18H20N2O4/c1-22-15-9-13(10-16(11-15)23-2)6-7-17(21)20-12-14-5-4-8-19-18(14)24-3/h4-11H,12H2,1-3H3,(H,20,21)/b7-6+. The van der Waals surface area contributed by atoms with Crippen molar-refractivity contribution in [2.75, 3.05) is 21.3 Å². The molecule has 0 bridgehead atoms. The zero-order valence-corrected chi connectivity index (χ0v) is 13.9. The van der Waals surface area contributed by atoms with Gasteiger partial charge in [0, 0.05) is 30.4 Å². The Morgan fingerprint density at radius 1 is 1.12 bits per heavy atom. The maximum atomic E-state index is 12.0. The van der Waals surface area contributed by atoms with Crippen molar-refractivity contribution in [1.29, 1.82) is 0 Å². The second-order valence-electron chi connectivity index (χ2n) is 4.87. The van der Waals surface area contributed by atoms with E-state index in [1.54, 1.807) is 45.7 Å². The SMILES string of the molecule is COc1cc(/C=C/C(=O)NCc2cccnc2OC)cc(OC)c1. The third-order valence-corrected chi connectivity index (χ3v) is 3.30. The Bertz CT molecular complexity index is 706. The van der Waals surface area contributed by atoms with Gasteiger partial charge in [0.15, 0.2) is 0 Å². The summed E-state index contributed by atoms with van der Waals surface area (Å²) in [6.45, 7) is 0.335. The van der Waals surface area contributed by atoms with Crippen LogP contribution < -0.4 is 19.5 Å². The number of hydrogen-bond acceptors (Lipinski definition) is 5. The molecule has 0 radical (unpaired) electrons. The Morgan fingerprint density at radius 3 is 2.46 bits per heavy atom. The molecule has 2 aromatic rings. The summed E-state index contributed by atoms with van der Waals surface area (Å²) < 4.78 is 15.5. The lowest BCUT2D eigenvalue weighted by atomic mass is 10.2.